The summed E-state index contributed by atoms with van der Waals surface area (Å²) in [4.78, 5) is 11.8. The fourth-order valence-corrected chi connectivity index (χ4v) is 7.38. The lowest BCUT2D eigenvalue weighted by atomic mass is 9.73. The third-order valence-electron chi connectivity index (χ3n) is 8.68. The van der Waals surface area contributed by atoms with Crippen LogP contribution in [-0.2, 0) is 16.9 Å². The lowest BCUT2D eigenvalue weighted by Crippen LogP contribution is -2.45. The summed E-state index contributed by atoms with van der Waals surface area (Å²) in [5.74, 6) is 2.49. The van der Waals surface area contributed by atoms with Crippen molar-refractivity contribution in [2.24, 2.45) is 7.05 Å². The summed E-state index contributed by atoms with van der Waals surface area (Å²) in [5.41, 5.74) is -0.226. The molecule has 5 rings (SSSR count). The zero-order chi connectivity index (χ0) is 29.5. The summed E-state index contributed by atoms with van der Waals surface area (Å²) in [5, 5.41) is 7.34. The van der Waals surface area contributed by atoms with E-state index in [1.54, 1.807) is 19.3 Å². The van der Waals surface area contributed by atoms with Crippen molar-refractivity contribution >= 4 is 21.5 Å². The molecule has 9 nitrogen and oxygen atoms in total. The van der Waals surface area contributed by atoms with Crippen LogP contribution in [-0.4, -0.2) is 54.1 Å². The molecular formula is C29H41F2N6O3S+. The number of aryl methyl sites for hydroxylation is 1. The molecule has 2 aromatic heterocycles. The first-order valence-corrected chi connectivity index (χ1v) is 16.4. The predicted molar refractivity (Wildman–Crippen MR) is 153 cm³/mol. The van der Waals surface area contributed by atoms with Gasteiger partial charge in [-0.3, -0.25) is 5.32 Å². The van der Waals surface area contributed by atoms with Gasteiger partial charge in [-0.2, -0.15) is 4.98 Å². The highest BCUT2D eigenvalue weighted by atomic mass is 32.2. The first-order valence-electron chi connectivity index (χ1n) is 14.5. The average Bonchev–Trinajstić information content (AvgIpc) is 3.46. The average molecular weight is 592 g/mol. The molecule has 41 heavy (non-hydrogen) atoms. The standard InChI is InChI=1S/C29H40F2N6O3S/c1-6-7-8-24(41(5,38)39)13-21(30)16-32-26-18(2)27(33-17-36(26)4)37-22-9-10-23(37)12-19(11-22)28-34-25(35-40-28)20-14-29(3,31)15-20/h8,13,17,19-20,22-23H,6-7,9-12,14-16H2,1-5H3/p+1. The van der Waals surface area contributed by atoms with Crippen LogP contribution < -0.4 is 14.8 Å². The Kier molecular flexibility index (Phi) is 8.24. The molecule has 1 saturated carbocycles. The maximum atomic E-state index is 14.9. The van der Waals surface area contributed by atoms with Crippen LogP contribution in [0.25, 0.3) is 0 Å². The minimum Gasteiger partial charge on any atom is -0.339 e. The van der Waals surface area contributed by atoms with Crippen molar-refractivity contribution in [1.29, 1.82) is 0 Å². The number of hydrogen-bond donors (Lipinski definition) is 1. The molecule has 2 aliphatic heterocycles. The Balaban J connectivity index is 1.29. The molecule has 3 fully saturated rings. The zero-order valence-corrected chi connectivity index (χ0v) is 25.3. The Labute approximate surface area is 241 Å². The SMILES string of the molecule is CCCC=C(C=C(F)CNc1c(C)c(N2C3CCC2CC(c2nc(C4CC(C)(F)C4)no2)C3)nc[n+]1C)S(C)(=O)=O. The van der Waals surface area contributed by atoms with Gasteiger partial charge in [0.1, 0.15) is 18.0 Å². The summed E-state index contributed by atoms with van der Waals surface area (Å²) in [6, 6.07) is 0.521. The number of nitrogens with zero attached hydrogens (tertiary/aromatic N) is 5. The van der Waals surface area contributed by atoms with E-state index in [4.69, 9.17) is 9.51 Å². The lowest BCUT2D eigenvalue weighted by Gasteiger charge is -2.38. The van der Waals surface area contributed by atoms with Gasteiger partial charge in [0, 0.05) is 30.2 Å². The van der Waals surface area contributed by atoms with Crippen molar-refractivity contribution in [3.8, 4) is 0 Å². The first kappa shape index (κ1) is 29.6. The normalized spacial score (nSPS) is 28.6. The monoisotopic (exact) mass is 591 g/mol. The van der Waals surface area contributed by atoms with Gasteiger partial charge < -0.3 is 9.42 Å². The molecule has 2 atom stereocenters. The summed E-state index contributed by atoms with van der Waals surface area (Å²) in [6.07, 6.45) is 11.5. The number of fused-ring (bicyclic) bond motifs is 2. The smallest absolute Gasteiger partial charge is 0.229 e. The van der Waals surface area contributed by atoms with Crippen molar-refractivity contribution in [2.45, 2.75) is 102 Å². The van der Waals surface area contributed by atoms with Crippen molar-refractivity contribution in [3.05, 3.63) is 46.5 Å². The maximum absolute atomic E-state index is 14.9. The van der Waals surface area contributed by atoms with Crippen LogP contribution in [0.4, 0.5) is 20.4 Å². The van der Waals surface area contributed by atoms with E-state index in [0.29, 0.717) is 31.0 Å². The third-order valence-corrected chi connectivity index (χ3v) is 9.82. The number of nitrogens with one attached hydrogen (secondary N) is 1. The molecule has 0 aromatic carbocycles. The van der Waals surface area contributed by atoms with E-state index in [0.717, 1.165) is 61.6 Å². The van der Waals surface area contributed by atoms with Gasteiger partial charge in [0.2, 0.25) is 23.9 Å². The highest BCUT2D eigenvalue weighted by molar-refractivity contribution is 7.94. The number of sulfone groups is 1. The van der Waals surface area contributed by atoms with Crippen LogP contribution in [0.3, 0.4) is 0 Å². The lowest BCUT2D eigenvalue weighted by molar-refractivity contribution is -0.660. The highest BCUT2D eigenvalue weighted by Gasteiger charge is 2.47. The minimum atomic E-state index is -3.52. The fourth-order valence-electron chi connectivity index (χ4n) is 6.62. The van der Waals surface area contributed by atoms with Crippen LogP contribution >= 0.6 is 0 Å². The number of alkyl halides is 1. The Morgan fingerprint density at radius 3 is 2.56 bits per heavy atom. The van der Waals surface area contributed by atoms with E-state index in [-0.39, 0.29) is 35.4 Å². The summed E-state index contributed by atoms with van der Waals surface area (Å²) in [6.45, 7) is 5.39. The molecule has 2 aromatic rings. The number of halogens is 2. The number of allylic oxidation sites excluding steroid dienone is 2. The van der Waals surface area contributed by atoms with Gasteiger partial charge >= 0.3 is 0 Å². The summed E-state index contributed by atoms with van der Waals surface area (Å²) in [7, 11) is -1.68. The van der Waals surface area contributed by atoms with Crippen LogP contribution in [0, 0.1) is 6.92 Å². The fraction of sp³-hybridized carbons (Fsp3) is 0.655. The van der Waals surface area contributed by atoms with Gasteiger partial charge in [-0.1, -0.05) is 29.6 Å². The van der Waals surface area contributed by atoms with E-state index < -0.39 is 21.3 Å². The van der Waals surface area contributed by atoms with Crippen LogP contribution in [0.1, 0.15) is 94.3 Å². The van der Waals surface area contributed by atoms with Crippen LogP contribution in [0.2, 0.25) is 0 Å². The van der Waals surface area contributed by atoms with E-state index in [1.807, 2.05) is 25.5 Å². The highest BCUT2D eigenvalue weighted by Crippen LogP contribution is 2.48. The molecular weight excluding hydrogens is 550 g/mol. The van der Waals surface area contributed by atoms with Gasteiger partial charge in [-0.15, -0.1) is 0 Å². The van der Waals surface area contributed by atoms with Crippen molar-refractivity contribution in [3.63, 3.8) is 0 Å². The molecule has 3 aliphatic rings. The molecule has 2 saturated heterocycles. The number of hydrogen-bond acceptors (Lipinski definition) is 8. The van der Waals surface area contributed by atoms with Gasteiger partial charge in [-0.05, 0) is 64.9 Å². The Morgan fingerprint density at radius 2 is 1.95 bits per heavy atom. The van der Waals surface area contributed by atoms with E-state index in [2.05, 4.69) is 20.4 Å². The maximum Gasteiger partial charge on any atom is 0.229 e. The molecule has 2 bridgehead atoms. The zero-order valence-electron chi connectivity index (χ0n) is 24.5. The van der Waals surface area contributed by atoms with Crippen molar-refractivity contribution in [2.75, 3.05) is 23.0 Å². The third kappa shape index (κ3) is 6.32. The number of unbranched alkanes of at least 4 members (excludes halogenated alkanes) is 1. The molecule has 0 spiro atoms. The summed E-state index contributed by atoms with van der Waals surface area (Å²) >= 11 is 0. The molecule has 1 N–H and O–H groups in total. The Bertz CT molecular complexity index is 1430. The topological polar surface area (TPSA) is 105 Å². The Hall–Kier alpha value is -2.89. The second kappa shape index (κ2) is 11.4. The second-order valence-electron chi connectivity index (χ2n) is 12.2. The second-order valence-corrected chi connectivity index (χ2v) is 14.3. The van der Waals surface area contributed by atoms with Crippen molar-refractivity contribution < 1.29 is 26.3 Å². The molecule has 0 radical (unpaired) electrons. The van der Waals surface area contributed by atoms with Crippen LogP contribution in [0.5, 0.6) is 0 Å². The summed E-state index contributed by atoms with van der Waals surface area (Å²) < 4.78 is 60.5. The van der Waals surface area contributed by atoms with E-state index >= 15 is 0 Å². The molecule has 2 unspecified atom stereocenters. The quantitative estimate of drug-likeness (QED) is 0.300. The van der Waals surface area contributed by atoms with Crippen molar-refractivity contribution in [1.82, 2.24) is 15.1 Å². The van der Waals surface area contributed by atoms with Gasteiger partial charge in [0.05, 0.1) is 17.5 Å². The largest absolute Gasteiger partial charge is 0.339 e. The Morgan fingerprint density at radius 1 is 1.27 bits per heavy atom. The van der Waals surface area contributed by atoms with Gasteiger partial charge in [0.15, 0.2) is 15.7 Å². The van der Waals surface area contributed by atoms with E-state index in [1.165, 1.54) is 0 Å². The molecule has 0 amide bonds. The first-order chi connectivity index (χ1) is 19.4. The predicted octanol–water partition coefficient (Wildman–Crippen LogP) is 5.11. The number of aromatic nitrogens is 4. The van der Waals surface area contributed by atoms with Gasteiger partial charge in [-0.25, -0.2) is 21.8 Å². The number of piperidine rings is 1. The van der Waals surface area contributed by atoms with Gasteiger partial charge in [0.25, 0.3) is 0 Å². The molecule has 1 aliphatic carbocycles. The molecule has 12 heteroatoms. The molecule has 224 valence electrons. The van der Waals surface area contributed by atoms with Crippen LogP contribution in [0.15, 0.2) is 33.7 Å². The molecule has 4 heterocycles. The minimum absolute atomic E-state index is 0.00319. The number of anilines is 2. The van der Waals surface area contributed by atoms with E-state index in [9.17, 15) is 17.2 Å². The number of rotatable bonds is 10.